The molecule has 0 aromatic carbocycles. The first kappa shape index (κ1) is 16.7. The third-order valence-electron chi connectivity index (χ3n) is 4.19. The van der Waals surface area contributed by atoms with Crippen molar-refractivity contribution in [2.45, 2.75) is 31.7 Å². The maximum absolute atomic E-state index is 6.36. The molecule has 1 heterocycles. The lowest BCUT2D eigenvalue weighted by Crippen LogP contribution is -2.26. The molecule has 1 saturated carbocycles. The Hall–Kier alpha value is -1.64. The van der Waals surface area contributed by atoms with E-state index >= 15 is 0 Å². The van der Waals surface area contributed by atoms with Crippen LogP contribution in [-0.4, -0.2) is 42.8 Å². The van der Waals surface area contributed by atoms with E-state index in [-0.39, 0.29) is 6.04 Å². The summed E-state index contributed by atoms with van der Waals surface area (Å²) >= 11 is 0. The molecule has 0 bridgehead atoms. The second-order valence-electron chi connectivity index (χ2n) is 6.20. The fourth-order valence-electron chi connectivity index (χ4n) is 2.83. The first-order chi connectivity index (χ1) is 10.6. The average Bonchev–Trinajstić information content (AvgIpc) is 2.54. The highest BCUT2D eigenvalue weighted by Crippen LogP contribution is 2.34. The summed E-state index contributed by atoms with van der Waals surface area (Å²) in [6.07, 6.45) is 4.47. The van der Waals surface area contributed by atoms with Gasteiger partial charge in [-0.15, -0.1) is 5.10 Å². The molecule has 5 nitrogen and oxygen atoms in total. The fraction of sp³-hybridized carbons (Fsp3) is 0.647. The van der Waals surface area contributed by atoms with Gasteiger partial charge >= 0.3 is 0 Å². The van der Waals surface area contributed by atoms with Gasteiger partial charge in [-0.2, -0.15) is 5.10 Å². The Kier molecular flexibility index (Phi) is 6.17. The summed E-state index contributed by atoms with van der Waals surface area (Å²) in [4.78, 5) is 2.09. The number of rotatable bonds is 4. The van der Waals surface area contributed by atoms with Gasteiger partial charge in [0.25, 0.3) is 0 Å². The summed E-state index contributed by atoms with van der Waals surface area (Å²) in [7, 11) is 5.67. The van der Waals surface area contributed by atoms with Gasteiger partial charge < -0.3 is 10.5 Å². The molecular formula is C17H26N4O. The van der Waals surface area contributed by atoms with Gasteiger partial charge in [0, 0.05) is 12.0 Å². The minimum atomic E-state index is -0.0471. The maximum Gasteiger partial charge on any atom is 0.233 e. The molecule has 1 aliphatic rings. The van der Waals surface area contributed by atoms with E-state index in [9.17, 15) is 0 Å². The van der Waals surface area contributed by atoms with Crippen molar-refractivity contribution in [2.75, 3.05) is 27.7 Å². The van der Waals surface area contributed by atoms with Crippen LogP contribution in [0.3, 0.4) is 0 Å². The monoisotopic (exact) mass is 302 g/mol. The quantitative estimate of drug-likeness (QED) is 0.860. The minimum Gasteiger partial charge on any atom is -0.480 e. The number of hydrogen-bond donors (Lipinski definition) is 1. The van der Waals surface area contributed by atoms with Gasteiger partial charge in [-0.3, -0.25) is 4.90 Å². The highest BCUT2D eigenvalue weighted by atomic mass is 16.5. The molecule has 2 N–H and O–H groups in total. The summed E-state index contributed by atoms with van der Waals surface area (Å²) in [5.41, 5.74) is 7.21. The number of nitrogens with zero attached hydrogens (tertiary/aromatic N) is 3. The molecule has 0 aliphatic heterocycles. The van der Waals surface area contributed by atoms with E-state index in [1.165, 1.54) is 0 Å². The molecule has 0 saturated heterocycles. The van der Waals surface area contributed by atoms with E-state index in [0.717, 1.165) is 37.9 Å². The largest absolute Gasteiger partial charge is 0.480 e. The van der Waals surface area contributed by atoms with E-state index in [0.29, 0.717) is 17.7 Å². The van der Waals surface area contributed by atoms with Crippen LogP contribution in [0, 0.1) is 23.7 Å². The van der Waals surface area contributed by atoms with Crippen molar-refractivity contribution in [1.82, 2.24) is 15.1 Å². The van der Waals surface area contributed by atoms with Crippen molar-refractivity contribution in [3.8, 4) is 17.7 Å². The standard InChI is InChI=1S/C17H26N4O/c1-21(2)12-4-5-13-6-8-14(9-7-13)17(18)15-10-11-16(22-3)20-19-15/h10-11,13-14,17H,6-9,12,18H2,1-3H3. The zero-order valence-electron chi connectivity index (χ0n) is 13.7. The molecule has 0 radical (unpaired) electrons. The third kappa shape index (κ3) is 4.69. The van der Waals surface area contributed by atoms with Crippen LogP contribution in [0.5, 0.6) is 5.88 Å². The first-order valence-electron chi connectivity index (χ1n) is 7.86. The van der Waals surface area contributed by atoms with Crippen molar-refractivity contribution in [3.05, 3.63) is 17.8 Å². The Morgan fingerprint density at radius 2 is 2.00 bits per heavy atom. The van der Waals surface area contributed by atoms with Crippen molar-refractivity contribution < 1.29 is 4.74 Å². The molecule has 0 spiro atoms. The van der Waals surface area contributed by atoms with Gasteiger partial charge in [-0.05, 0) is 51.8 Å². The third-order valence-corrected chi connectivity index (χ3v) is 4.19. The molecule has 1 atom stereocenters. The number of aromatic nitrogens is 2. The Labute approximate surface area is 133 Å². The molecule has 5 heteroatoms. The smallest absolute Gasteiger partial charge is 0.233 e. The van der Waals surface area contributed by atoms with Crippen LogP contribution in [0.15, 0.2) is 12.1 Å². The molecule has 1 aliphatic carbocycles. The van der Waals surface area contributed by atoms with E-state index < -0.39 is 0 Å². The van der Waals surface area contributed by atoms with Gasteiger partial charge in [-0.25, -0.2) is 0 Å². The van der Waals surface area contributed by atoms with Crippen LogP contribution in [0.25, 0.3) is 0 Å². The molecular weight excluding hydrogens is 276 g/mol. The zero-order valence-corrected chi connectivity index (χ0v) is 13.7. The summed E-state index contributed by atoms with van der Waals surface area (Å²) in [6, 6.07) is 3.69. The van der Waals surface area contributed by atoms with Crippen LogP contribution in [0.1, 0.15) is 37.4 Å². The zero-order chi connectivity index (χ0) is 15.9. The molecule has 2 rings (SSSR count). The Morgan fingerprint density at radius 1 is 1.27 bits per heavy atom. The molecule has 1 aromatic rings. The Balaban J connectivity index is 1.85. The number of ether oxygens (including phenoxy) is 1. The molecule has 0 amide bonds. The van der Waals surface area contributed by atoms with Crippen molar-refractivity contribution in [1.29, 1.82) is 0 Å². The predicted octanol–water partition coefficient (Wildman–Crippen LogP) is 1.86. The minimum absolute atomic E-state index is 0.0471. The summed E-state index contributed by atoms with van der Waals surface area (Å²) < 4.78 is 5.03. The number of hydrogen-bond acceptors (Lipinski definition) is 5. The molecule has 120 valence electrons. The fourth-order valence-corrected chi connectivity index (χ4v) is 2.83. The summed E-state index contributed by atoms with van der Waals surface area (Å²) in [6.45, 7) is 0.834. The average molecular weight is 302 g/mol. The van der Waals surface area contributed by atoms with Crippen LogP contribution in [0.4, 0.5) is 0 Å². The molecule has 1 aromatic heterocycles. The van der Waals surface area contributed by atoms with Crippen LogP contribution in [0.2, 0.25) is 0 Å². The Morgan fingerprint density at radius 3 is 2.55 bits per heavy atom. The maximum atomic E-state index is 6.36. The normalized spacial score (nSPS) is 22.8. The predicted molar refractivity (Wildman–Crippen MR) is 87.3 cm³/mol. The van der Waals surface area contributed by atoms with E-state index in [1.54, 1.807) is 7.11 Å². The van der Waals surface area contributed by atoms with E-state index in [1.807, 2.05) is 26.2 Å². The van der Waals surface area contributed by atoms with Crippen molar-refractivity contribution in [3.63, 3.8) is 0 Å². The lowest BCUT2D eigenvalue weighted by atomic mass is 9.78. The molecule has 1 unspecified atom stereocenters. The lowest BCUT2D eigenvalue weighted by Gasteiger charge is -2.29. The second kappa shape index (κ2) is 8.11. The van der Waals surface area contributed by atoms with Gasteiger partial charge in [0.1, 0.15) is 0 Å². The van der Waals surface area contributed by atoms with Crippen molar-refractivity contribution >= 4 is 0 Å². The SMILES string of the molecule is COc1ccc(C(N)C2CCC(C#CCN(C)C)CC2)nn1. The first-order valence-corrected chi connectivity index (χ1v) is 7.86. The van der Waals surface area contributed by atoms with E-state index in [2.05, 4.69) is 26.9 Å². The van der Waals surface area contributed by atoms with Gasteiger partial charge in [-0.1, -0.05) is 11.8 Å². The number of methoxy groups -OCH3 is 1. The summed E-state index contributed by atoms with van der Waals surface area (Å²) in [5, 5.41) is 8.18. The van der Waals surface area contributed by atoms with Crippen molar-refractivity contribution in [2.24, 2.45) is 17.6 Å². The topological polar surface area (TPSA) is 64.3 Å². The van der Waals surface area contributed by atoms with Crippen LogP contribution >= 0.6 is 0 Å². The molecule has 22 heavy (non-hydrogen) atoms. The van der Waals surface area contributed by atoms with Gasteiger partial charge in [0.15, 0.2) is 0 Å². The number of nitrogens with two attached hydrogens (primary N) is 1. The van der Waals surface area contributed by atoms with Crippen LogP contribution < -0.4 is 10.5 Å². The van der Waals surface area contributed by atoms with E-state index in [4.69, 9.17) is 10.5 Å². The van der Waals surface area contributed by atoms with Gasteiger partial charge in [0.2, 0.25) is 5.88 Å². The molecule has 1 fully saturated rings. The van der Waals surface area contributed by atoms with Gasteiger partial charge in [0.05, 0.1) is 25.4 Å². The lowest BCUT2D eigenvalue weighted by molar-refractivity contribution is 0.272. The highest BCUT2D eigenvalue weighted by molar-refractivity contribution is 5.15. The van der Waals surface area contributed by atoms with Crippen LogP contribution in [-0.2, 0) is 0 Å². The summed E-state index contributed by atoms with van der Waals surface area (Å²) in [5.74, 6) is 8.15. The Bertz CT molecular complexity index is 510. The highest BCUT2D eigenvalue weighted by Gasteiger charge is 2.26. The second-order valence-corrected chi connectivity index (χ2v) is 6.20.